The molecule has 0 aliphatic heterocycles. The van der Waals surface area contributed by atoms with Gasteiger partial charge in [-0.25, -0.2) is 19.9 Å². The Balaban J connectivity index is 2.20. The molecule has 1 aromatic carbocycles. The number of carbonyl (C=O) groups is 1. The standard InChI is InChI=1S/C16H15N5O3/c1-9-6-18-15(19-7-9)10-3-11-14(12(4-10)23-2)20-8-21-16(11)24-13(22)5-17/h3-4,6-8H,5,17H2,1-2H3. The fourth-order valence-corrected chi connectivity index (χ4v) is 2.17. The first kappa shape index (κ1) is 15.8. The molecular formula is C16H15N5O3. The van der Waals surface area contributed by atoms with Crippen molar-refractivity contribution in [1.82, 2.24) is 19.9 Å². The van der Waals surface area contributed by atoms with Crippen molar-refractivity contribution >= 4 is 16.9 Å². The topological polar surface area (TPSA) is 113 Å². The largest absolute Gasteiger partial charge is 0.494 e. The number of aromatic nitrogens is 4. The van der Waals surface area contributed by atoms with Gasteiger partial charge in [-0.2, -0.15) is 0 Å². The Hall–Kier alpha value is -3.13. The van der Waals surface area contributed by atoms with Gasteiger partial charge in [-0.05, 0) is 24.6 Å². The van der Waals surface area contributed by atoms with Gasteiger partial charge in [0.15, 0.2) is 5.82 Å². The summed E-state index contributed by atoms with van der Waals surface area (Å²) in [5.74, 6) is 0.536. The summed E-state index contributed by atoms with van der Waals surface area (Å²) in [6.45, 7) is 1.66. The van der Waals surface area contributed by atoms with E-state index < -0.39 is 5.97 Å². The van der Waals surface area contributed by atoms with Gasteiger partial charge in [0.1, 0.15) is 17.6 Å². The Morgan fingerprint density at radius 3 is 2.58 bits per heavy atom. The molecule has 2 N–H and O–H groups in total. The van der Waals surface area contributed by atoms with Crippen LogP contribution in [-0.2, 0) is 4.79 Å². The third-order valence-corrected chi connectivity index (χ3v) is 3.30. The summed E-state index contributed by atoms with van der Waals surface area (Å²) in [6, 6.07) is 3.52. The molecule has 3 rings (SSSR count). The molecule has 24 heavy (non-hydrogen) atoms. The molecule has 0 unspecified atom stereocenters. The summed E-state index contributed by atoms with van der Waals surface area (Å²) >= 11 is 0. The number of esters is 1. The van der Waals surface area contributed by atoms with Gasteiger partial charge in [0, 0.05) is 18.0 Å². The van der Waals surface area contributed by atoms with E-state index >= 15 is 0 Å². The third kappa shape index (κ3) is 2.99. The van der Waals surface area contributed by atoms with Crippen LogP contribution in [0.1, 0.15) is 5.56 Å². The summed E-state index contributed by atoms with van der Waals surface area (Å²) in [5.41, 5.74) is 7.45. The molecule has 0 bridgehead atoms. The Morgan fingerprint density at radius 1 is 1.17 bits per heavy atom. The first-order chi connectivity index (χ1) is 11.6. The average Bonchev–Trinajstić information content (AvgIpc) is 2.61. The summed E-state index contributed by atoms with van der Waals surface area (Å²) in [7, 11) is 1.53. The van der Waals surface area contributed by atoms with E-state index in [-0.39, 0.29) is 12.4 Å². The average molecular weight is 325 g/mol. The van der Waals surface area contributed by atoms with Crippen molar-refractivity contribution < 1.29 is 14.3 Å². The predicted octanol–water partition coefficient (Wildman–Crippen LogP) is 1.27. The van der Waals surface area contributed by atoms with Crippen LogP contribution >= 0.6 is 0 Å². The molecule has 0 saturated heterocycles. The maximum Gasteiger partial charge on any atom is 0.326 e. The quantitative estimate of drug-likeness (QED) is 0.713. The number of fused-ring (bicyclic) bond motifs is 1. The minimum Gasteiger partial charge on any atom is -0.494 e. The second-order valence-electron chi connectivity index (χ2n) is 5.02. The lowest BCUT2D eigenvalue weighted by molar-refractivity contribution is -0.132. The summed E-state index contributed by atoms with van der Waals surface area (Å²) < 4.78 is 10.6. The van der Waals surface area contributed by atoms with Gasteiger partial charge in [-0.15, -0.1) is 0 Å². The minimum absolute atomic E-state index is 0.114. The van der Waals surface area contributed by atoms with E-state index in [1.54, 1.807) is 24.5 Å². The highest BCUT2D eigenvalue weighted by Crippen LogP contribution is 2.33. The van der Waals surface area contributed by atoms with Crippen LogP contribution in [0.2, 0.25) is 0 Å². The summed E-state index contributed by atoms with van der Waals surface area (Å²) in [5, 5.41) is 0.512. The number of methoxy groups -OCH3 is 1. The van der Waals surface area contributed by atoms with Crippen LogP contribution in [0, 0.1) is 6.92 Å². The molecule has 8 nitrogen and oxygen atoms in total. The minimum atomic E-state index is -0.592. The highest BCUT2D eigenvalue weighted by molar-refractivity contribution is 5.93. The number of rotatable bonds is 4. The number of carbonyl (C=O) groups excluding carboxylic acids is 1. The van der Waals surface area contributed by atoms with Crippen molar-refractivity contribution in [3.8, 4) is 23.0 Å². The van der Waals surface area contributed by atoms with E-state index in [0.29, 0.717) is 28.0 Å². The molecule has 0 aliphatic rings. The first-order valence-electron chi connectivity index (χ1n) is 7.15. The SMILES string of the molecule is COc1cc(-c2ncc(C)cn2)cc2c(OC(=O)CN)ncnc12. The van der Waals surface area contributed by atoms with Gasteiger partial charge in [0.2, 0.25) is 5.88 Å². The monoisotopic (exact) mass is 325 g/mol. The van der Waals surface area contributed by atoms with Crippen molar-refractivity contribution in [2.45, 2.75) is 6.92 Å². The number of benzene rings is 1. The maximum absolute atomic E-state index is 11.5. The Labute approximate surface area is 137 Å². The smallest absolute Gasteiger partial charge is 0.326 e. The molecular weight excluding hydrogens is 310 g/mol. The highest BCUT2D eigenvalue weighted by atomic mass is 16.5. The van der Waals surface area contributed by atoms with E-state index in [2.05, 4.69) is 19.9 Å². The molecule has 2 aromatic heterocycles. The molecule has 0 amide bonds. The highest BCUT2D eigenvalue weighted by Gasteiger charge is 2.15. The lowest BCUT2D eigenvalue weighted by atomic mass is 10.1. The number of nitrogens with two attached hydrogens (primary N) is 1. The zero-order chi connectivity index (χ0) is 17.1. The van der Waals surface area contributed by atoms with Crippen molar-refractivity contribution in [3.05, 3.63) is 36.4 Å². The van der Waals surface area contributed by atoms with Crippen molar-refractivity contribution in [2.75, 3.05) is 13.7 Å². The fourth-order valence-electron chi connectivity index (χ4n) is 2.17. The number of hydrogen-bond acceptors (Lipinski definition) is 8. The van der Waals surface area contributed by atoms with Crippen LogP contribution in [0.5, 0.6) is 11.6 Å². The van der Waals surface area contributed by atoms with Crippen LogP contribution in [0.3, 0.4) is 0 Å². The third-order valence-electron chi connectivity index (χ3n) is 3.30. The van der Waals surface area contributed by atoms with Crippen LogP contribution in [0.25, 0.3) is 22.3 Å². The van der Waals surface area contributed by atoms with Gasteiger partial charge in [-0.1, -0.05) is 0 Å². The van der Waals surface area contributed by atoms with E-state index in [1.807, 2.05) is 6.92 Å². The zero-order valence-corrected chi connectivity index (χ0v) is 13.2. The van der Waals surface area contributed by atoms with E-state index in [4.69, 9.17) is 15.2 Å². The number of hydrogen-bond donors (Lipinski definition) is 1. The van der Waals surface area contributed by atoms with Crippen LogP contribution in [0.4, 0.5) is 0 Å². The first-order valence-corrected chi connectivity index (χ1v) is 7.15. The number of nitrogens with zero attached hydrogens (tertiary/aromatic N) is 4. The molecule has 8 heteroatoms. The van der Waals surface area contributed by atoms with Crippen molar-refractivity contribution in [1.29, 1.82) is 0 Å². The van der Waals surface area contributed by atoms with Crippen LogP contribution < -0.4 is 15.2 Å². The van der Waals surface area contributed by atoms with Gasteiger partial charge in [0.25, 0.3) is 0 Å². The number of ether oxygens (including phenoxy) is 2. The molecule has 0 aliphatic carbocycles. The van der Waals surface area contributed by atoms with Crippen molar-refractivity contribution in [2.24, 2.45) is 5.73 Å². The fraction of sp³-hybridized carbons (Fsp3) is 0.188. The molecule has 0 fully saturated rings. The lowest BCUT2D eigenvalue weighted by Crippen LogP contribution is -2.20. The maximum atomic E-state index is 11.5. The van der Waals surface area contributed by atoms with Crippen molar-refractivity contribution in [3.63, 3.8) is 0 Å². The molecule has 0 saturated carbocycles. The second kappa shape index (κ2) is 6.55. The van der Waals surface area contributed by atoms with Crippen LogP contribution in [0.15, 0.2) is 30.9 Å². The van der Waals surface area contributed by atoms with Gasteiger partial charge >= 0.3 is 5.97 Å². The van der Waals surface area contributed by atoms with Crippen LogP contribution in [-0.4, -0.2) is 39.6 Å². The van der Waals surface area contributed by atoms with Gasteiger partial charge in [0.05, 0.1) is 19.0 Å². The molecule has 0 atom stereocenters. The normalized spacial score (nSPS) is 10.6. The van der Waals surface area contributed by atoms with E-state index in [1.165, 1.54) is 13.4 Å². The summed E-state index contributed by atoms with van der Waals surface area (Å²) in [6.07, 6.45) is 4.73. The Bertz CT molecular complexity index is 896. The predicted molar refractivity (Wildman–Crippen MR) is 86.5 cm³/mol. The molecule has 3 aromatic rings. The molecule has 0 spiro atoms. The molecule has 2 heterocycles. The second-order valence-corrected chi connectivity index (χ2v) is 5.02. The summed E-state index contributed by atoms with van der Waals surface area (Å²) in [4.78, 5) is 28.3. The lowest BCUT2D eigenvalue weighted by Gasteiger charge is -2.10. The molecule has 122 valence electrons. The van der Waals surface area contributed by atoms with Gasteiger partial charge < -0.3 is 15.2 Å². The Morgan fingerprint density at radius 2 is 1.92 bits per heavy atom. The van der Waals surface area contributed by atoms with E-state index in [9.17, 15) is 4.79 Å². The number of aryl methyl sites for hydroxylation is 1. The van der Waals surface area contributed by atoms with E-state index in [0.717, 1.165) is 5.56 Å². The van der Waals surface area contributed by atoms with Gasteiger partial charge in [-0.3, -0.25) is 4.79 Å². The zero-order valence-electron chi connectivity index (χ0n) is 13.2. The Kier molecular flexibility index (Phi) is 4.30. The molecule has 0 radical (unpaired) electrons.